The fraction of sp³-hybridized carbons (Fsp3) is 0.556. The first-order chi connectivity index (χ1) is 7.88. The van der Waals surface area contributed by atoms with Gasteiger partial charge in [-0.15, -0.1) is 0 Å². The molecule has 17 heavy (non-hydrogen) atoms. The fourth-order valence-electron chi connectivity index (χ4n) is 2.10. The highest BCUT2D eigenvalue weighted by Crippen LogP contribution is 2.32. The minimum Gasteiger partial charge on any atom is -0.369 e. The Morgan fingerprint density at radius 1 is 1.59 bits per heavy atom. The summed E-state index contributed by atoms with van der Waals surface area (Å²) in [6, 6.07) is 0.916. The third-order valence-electron chi connectivity index (χ3n) is 2.75. The molecule has 1 aromatic heterocycles. The quantitative estimate of drug-likeness (QED) is 0.739. The molecule has 2 heterocycles. The van der Waals surface area contributed by atoms with Gasteiger partial charge in [0.15, 0.2) is 0 Å². The van der Waals surface area contributed by atoms with E-state index >= 15 is 0 Å². The molecular formula is C9H14N4O3S. The molecule has 0 bridgehead atoms. The van der Waals surface area contributed by atoms with Gasteiger partial charge in [-0.05, 0) is 12.8 Å². The summed E-state index contributed by atoms with van der Waals surface area (Å²) in [6.07, 6.45) is 2.57. The average Bonchev–Trinajstić information content (AvgIpc) is 2.63. The number of sulfonamides is 1. The number of nitrogens with two attached hydrogens (primary N) is 1. The van der Waals surface area contributed by atoms with Crippen LogP contribution in [0.2, 0.25) is 0 Å². The van der Waals surface area contributed by atoms with Gasteiger partial charge < -0.3 is 5.73 Å². The average molecular weight is 258 g/mol. The van der Waals surface area contributed by atoms with Gasteiger partial charge in [-0.3, -0.25) is 9.78 Å². The zero-order valence-corrected chi connectivity index (χ0v) is 10.2. The molecule has 0 aliphatic carbocycles. The maximum absolute atomic E-state index is 11.6. The summed E-state index contributed by atoms with van der Waals surface area (Å²) >= 11 is 0. The summed E-state index contributed by atoms with van der Waals surface area (Å²) in [5, 5.41) is 0. The molecular weight excluding hydrogens is 244 g/mol. The highest BCUT2D eigenvalue weighted by Gasteiger charge is 2.33. The summed E-state index contributed by atoms with van der Waals surface area (Å²) in [5.74, 6) is 0.00727. The molecule has 1 unspecified atom stereocenters. The molecule has 94 valence electrons. The van der Waals surface area contributed by atoms with E-state index in [0.29, 0.717) is 18.7 Å². The number of anilines is 1. The van der Waals surface area contributed by atoms with Crippen LogP contribution in [0.3, 0.4) is 0 Å². The summed E-state index contributed by atoms with van der Waals surface area (Å²) in [4.78, 5) is 17.6. The minimum absolute atomic E-state index is 0.00727. The van der Waals surface area contributed by atoms with E-state index in [1.54, 1.807) is 0 Å². The van der Waals surface area contributed by atoms with Crippen molar-refractivity contribution in [2.45, 2.75) is 18.9 Å². The topological polar surface area (TPSA) is 109 Å². The number of nitrogens with zero attached hydrogens (tertiary/aromatic N) is 2. The fourth-order valence-corrected chi connectivity index (χ4v) is 3.24. The van der Waals surface area contributed by atoms with Crippen LogP contribution in [0.5, 0.6) is 0 Å². The van der Waals surface area contributed by atoms with Gasteiger partial charge in [0.2, 0.25) is 16.0 Å². The van der Waals surface area contributed by atoms with Crippen LogP contribution < -0.4 is 11.3 Å². The van der Waals surface area contributed by atoms with E-state index in [1.165, 1.54) is 10.4 Å². The maximum Gasteiger partial charge on any atom is 0.252 e. The van der Waals surface area contributed by atoms with Gasteiger partial charge in [0.1, 0.15) is 0 Å². The van der Waals surface area contributed by atoms with Crippen molar-refractivity contribution in [1.29, 1.82) is 0 Å². The molecule has 1 saturated heterocycles. The summed E-state index contributed by atoms with van der Waals surface area (Å²) < 4.78 is 24.5. The second-order valence-electron chi connectivity index (χ2n) is 4.09. The van der Waals surface area contributed by atoms with Crippen LogP contribution in [0.15, 0.2) is 10.9 Å². The number of hydrogen-bond donors (Lipinski definition) is 2. The normalized spacial score (nSPS) is 21.8. The molecule has 0 saturated carbocycles. The molecule has 0 amide bonds. The first kappa shape index (κ1) is 12.1. The molecule has 8 heteroatoms. The van der Waals surface area contributed by atoms with Gasteiger partial charge >= 0.3 is 0 Å². The van der Waals surface area contributed by atoms with Crippen molar-refractivity contribution < 1.29 is 8.42 Å². The van der Waals surface area contributed by atoms with Gasteiger partial charge in [0.05, 0.1) is 18.0 Å². The molecule has 3 N–H and O–H groups in total. The molecule has 2 rings (SSSR count). The van der Waals surface area contributed by atoms with Crippen molar-refractivity contribution in [3.63, 3.8) is 0 Å². The largest absolute Gasteiger partial charge is 0.369 e. The Labute approximate surface area is 98.7 Å². The van der Waals surface area contributed by atoms with E-state index in [4.69, 9.17) is 5.73 Å². The van der Waals surface area contributed by atoms with Gasteiger partial charge in [-0.1, -0.05) is 0 Å². The van der Waals surface area contributed by atoms with Crippen LogP contribution in [0.1, 0.15) is 24.6 Å². The Bertz CT molecular complexity index is 580. The number of H-pyrrole nitrogens is 1. The number of aromatic amines is 1. The number of nitrogens with one attached hydrogen (secondary N) is 1. The minimum atomic E-state index is -3.29. The lowest BCUT2D eigenvalue weighted by Crippen LogP contribution is -2.30. The van der Waals surface area contributed by atoms with Crippen molar-refractivity contribution in [3.05, 3.63) is 22.1 Å². The Kier molecular flexibility index (Phi) is 2.92. The molecule has 0 aromatic carbocycles. The van der Waals surface area contributed by atoms with Crippen LogP contribution in [-0.4, -0.2) is 35.5 Å². The number of rotatable bonds is 2. The Morgan fingerprint density at radius 2 is 2.29 bits per heavy atom. The molecule has 1 aliphatic rings. The lowest BCUT2D eigenvalue weighted by Gasteiger charge is -2.21. The van der Waals surface area contributed by atoms with E-state index in [2.05, 4.69) is 9.97 Å². The summed E-state index contributed by atoms with van der Waals surface area (Å²) in [5.41, 5.74) is 5.49. The third-order valence-corrected chi connectivity index (χ3v) is 4.04. The van der Waals surface area contributed by atoms with Crippen molar-refractivity contribution in [2.75, 3.05) is 18.5 Å². The van der Waals surface area contributed by atoms with Gasteiger partial charge in [0.25, 0.3) is 5.56 Å². The zero-order chi connectivity index (χ0) is 12.6. The van der Waals surface area contributed by atoms with E-state index < -0.39 is 10.0 Å². The number of nitrogen functional groups attached to an aromatic ring is 1. The standard InChI is InChI=1S/C9H14N4O3S/c1-17(15,16)13-4-2-3-7(13)6-5-8(14)12-9(10)11-6/h5,7H,2-4H2,1H3,(H3,10,11,12,14). The van der Waals surface area contributed by atoms with E-state index in [0.717, 1.165) is 12.7 Å². The molecule has 0 spiro atoms. The molecule has 1 aliphatic heterocycles. The van der Waals surface area contributed by atoms with Crippen LogP contribution in [0.4, 0.5) is 5.95 Å². The number of aromatic nitrogens is 2. The summed E-state index contributed by atoms with van der Waals surface area (Å²) in [6.45, 7) is 0.456. The smallest absolute Gasteiger partial charge is 0.252 e. The van der Waals surface area contributed by atoms with Crippen LogP contribution >= 0.6 is 0 Å². The van der Waals surface area contributed by atoms with Gasteiger partial charge in [-0.2, -0.15) is 4.31 Å². The number of hydrogen-bond acceptors (Lipinski definition) is 5. The predicted octanol–water partition coefficient (Wildman–Crippen LogP) is -0.551. The highest BCUT2D eigenvalue weighted by molar-refractivity contribution is 7.88. The maximum atomic E-state index is 11.6. The first-order valence-corrected chi connectivity index (χ1v) is 7.06. The van der Waals surface area contributed by atoms with Crippen molar-refractivity contribution in [3.8, 4) is 0 Å². The first-order valence-electron chi connectivity index (χ1n) is 5.21. The van der Waals surface area contributed by atoms with Crippen LogP contribution in [0.25, 0.3) is 0 Å². The second kappa shape index (κ2) is 4.11. The SMILES string of the molecule is CS(=O)(=O)N1CCCC1c1cc(=O)[nH]c(N)n1. The van der Waals surface area contributed by atoms with E-state index in [-0.39, 0.29) is 17.5 Å². The summed E-state index contributed by atoms with van der Waals surface area (Å²) in [7, 11) is -3.29. The van der Waals surface area contributed by atoms with Crippen molar-refractivity contribution >= 4 is 16.0 Å². The van der Waals surface area contributed by atoms with Crippen molar-refractivity contribution in [1.82, 2.24) is 14.3 Å². The van der Waals surface area contributed by atoms with E-state index in [1.807, 2.05) is 0 Å². The highest BCUT2D eigenvalue weighted by atomic mass is 32.2. The molecule has 1 fully saturated rings. The Morgan fingerprint density at radius 3 is 2.88 bits per heavy atom. The van der Waals surface area contributed by atoms with Crippen molar-refractivity contribution in [2.24, 2.45) is 0 Å². The van der Waals surface area contributed by atoms with E-state index in [9.17, 15) is 13.2 Å². The molecule has 0 radical (unpaired) electrons. The monoisotopic (exact) mass is 258 g/mol. The van der Waals surface area contributed by atoms with Crippen LogP contribution in [-0.2, 0) is 10.0 Å². The predicted molar refractivity (Wildman–Crippen MR) is 62.8 cm³/mol. The van der Waals surface area contributed by atoms with Gasteiger partial charge in [0, 0.05) is 12.6 Å². The lowest BCUT2D eigenvalue weighted by molar-refractivity contribution is 0.393. The lowest BCUT2D eigenvalue weighted by atomic mass is 10.1. The molecule has 1 atom stereocenters. The Balaban J connectivity index is 2.42. The third kappa shape index (κ3) is 2.47. The van der Waals surface area contributed by atoms with Gasteiger partial charge in [-0.25, -0.2) is 13.4 Å². The molecule has 1 aromatic rings. The second-order valence-corrected chi connectivity index (χ2v) is 6.02. The van der Waals surface area contributed by atoms with Crippen LogP contribution in [0, 0.1) is 0 Å². The molecule has 7 nitrogen and oxygen atoms in total. The Hall–Kier alpha value is -1.41. The zero-order valence-electron chi connectivity index (χ0n) is 9.38.